The molecule has 0 bridgehead atoms. The molecule has 0 aliphatic rings. The van der Waals surface area contributed by atoms with Gasteiger partial charge >= 0.3 is 0 Å². The molecule has 1 aromatic heterocycles. The van der Waals surface area contributed by atoms with E-state index in [1.807, 2.05) is 24.3 Å². The highest BCUT2D eigenvalue weighted by Gasteiger charge is 2.16. The zero-order valence-corrected chi connectivity index (χ0v) is 14.8. The molecule has 0 aliphatic heterocycles. The Labute approximate surface area is 151 Å². The number of aromatic nitrogens is 3. The number of unbranched alkanes of at least 4 members (excludes halogenated alkanes) is 1. The summed E-state index contributed by atoms with van der Waals surface area (Å²) in [6, 6.07) is 12.6. The first-order chi connectivity index (χ1) is 12.5. The lowest BCUT2D eigenvalue weighted by Crippen LogP contribution is -2.25. The number of primary amides is 1. The van der Waals surface area contributed by atoms with E-state index in [0.29, 0.717) is 31.3 Å². The van der Waals surface area contributed by atoms with Crippen LogP contribution >= 0.6 is 0 Å². The Balaban J connectivity index is 1.56. The molecule has 0 radical (unpaired) electrons. The maximum Gasteiger partial charge on any atom is 0.270 e. The van der Waals surface area contributed by atoms with Crippen molar-refractivity contribution in [2.75, 3.05) is 6.54 Å². The molecule has 9 heteroatoms. The Hall–Kier alpha value is -2.78. The van der Waals surface area contributed by atoms with Crippen LogP contribution in [0.3, 0.4) is 0 Å². The molecule has 3 N–H and O–H groups in total. The molecule has 0 unspecified atom stereocenters. The lowest BCUT2D eigenvalue weighted by atomic mass is 10.1. The first-order valence-corrected chi connectivity index (χ1v) is 9.63. The van der Waals surface area contributed by atoms with E-state index in [4.69, 9.17) is 5.73 Å². The van der Waals surface area contributed by atoms with Crippen LogP contribution in [0.2, 0.25) is 0 Å². The zero-order valence-electron chi connectivity index (χ0n) is 14.0. The van der Waals surface area contributed by atoms with Crippen LogP contribution in [0, 0.1) is 0 Å². The lowest BCUT2D eigenvalue weighted by Gasteiger charge is -2.09. The highest BCUT2D eigenvalue weighted by atomic mass is 32.2. The molecule has 0 fully saturated rings. The van der Waals surface area contributed by atoms with Crippen LogP contribution in [-0.4, -0.2) is 35.9 Å². The predicted octanol–water partition coefficient (Wildman–Crippen LogP) is 1.29. The summed E-state index contributed by atoms with van der Waals surface area (Å²) in [5.41, 5.74) is 5.23. The van der Waals surface area contributed by atoms with Gasteiger partial charge in [-0.15, -0.1) is 5.10 Å². The van der Waals surface area contributed by atoms with Crippen molar-refractivity contribution in [1.82, 2.24) is 19.7 Å². The number of nitrogens with zero attached hydrogens (tertiary/aromatic N) is 3. The fraction of sp³-hybridized carbons (Fsp3) is 0.235. The maximum atomic E-state index is 12.6. The Bertz CT molecular complexity index is 1020. The van der Waals surface area contributed by atoms with Gasteiger partial charge in [0, 0.05) is 18.5 Å². The Kier molecular flexibility index (Phi) is 5.29. The number of hydrogen-bond donors (Lipinski definition) is 2. The largest absolute Gasteiger partial charge is 0.364 e. The van der Waals surface area contributed by atoms with Crippen molar-refractivity contribution in [3.05, 3.63) is 54.4 Å². The number of carbonyl (C=O) groups excluding carboxylic acids is 1. The number of fused-ring (bicyclic) bond motifs is 1. The fourth-order valence-corrected chi connectivity index (χ4v) is 3.94. The fourth-order valence-electron chi connectivity index (χ4n) is 2.63. The Morgan fingerprint density at radius 2 is 1.88 bits per heavy atom. The second-order valence-electron chi connectivity index (χ2n) is 5.81. The average molecular weight is 373 g/mol. The number of nitrogens with two attached hydrogens (primary N) is 1. The number of benzene rings is 2. The second-order valence-corrected chi connectivity index (χ2v) is 7.55. The smallest absolute Gasteiger partial charge is 0.270 e. The Morgan fingerprint density at radius 1 is 1.12 bits per heavy atom. The SMILES string of the molecule is NC(=O)c1cn(CCCCNS(=O)(=O)c2cccc3ccccc23)nn1. The first kappa shape index (κ1) is 18.0. The standard InChI is InChI=1S/C17H19N5O3S/c18-17(23)15-12-22(21-20-15)11-4-3-10-19-26(24,25)16-9-5-7-13-6-1-2-8-14(13)16/h1-2,5-9,12,19H,3-4,10-11H2,(H2,18,23). The van der Waals surface area contributed by atoms with E-state index in [0.717, 1.165) is 5.39 Å². The van der Waals surface area contributed by atoms with Gasteiger partial charge in [0.15, 0.2) is 5.69 Å². The van der Waals surface area contributed by atoms with Gasteiger partial charge in [-0.1, -0.05) is 41.6 Å². The van der Waals surface area contributed by atoms with Crippen LogP contribution in [-0.2, 0) is 16.6 Å². The predicted molar refractivity (Wildman–Crippen MR) is 96.9 cm³/mol. The van der Waals surface area contributed by atoms with Gasteiger partial charge < -0.3 is 5.73 Å². The van der Waals surface area contributed by atoms with Crippen LogP contribution in [0.1, 0.15) is 23.3 Å². The number of sulfonamides is 1. The molecule has 136 valence electrons. The van der Waals surface area contributed by atoms with Crippen LogP contribution in [0.4, 0.5) is 0 Å². The van der Waals surface area contributed by atoms with E-state index < -0.39 is 15.9 Å². The van der Waals surface area contributed by atoms with E-state index in [9.17, 15) is 13.2 Å². The van der Waals surface area contributed by atoms with Crippen molar-refractivity contribution in [2.24, 2.45) is 5.73 Å². The molecule has 8 nitrogen and oxygen atoms in total. The van der Waals surface area contributed by atoms with Gasteiger partial charge in [0.05, 0.1) is 11.1 Å². The van der Waals surface area contributed by atoms with Crippen LogP contribution in [0.5, 0.6) is 0 Å². The molecule has 0 atom stereocenters. The summed E-state index contributed by atoms with van der Waals surface area (Å²) in [6.07, 6.45) is 2.78. The second kappa shape index (κ2) is 7.63. The molecule has 2 aromatic carbocycles. The van der Waals surface area contributed by atoms with Gasteiger partial charge in [-0.3, -0.25) is 9.48 Å². The molecule has 26 heavy (non-hydrogen) atoms. The number of aryl methyl sites for hydroxylation is 1. The molecule has 3 rings (SSSR count). The van der Waals surface area contributed by atoms with Gasteiger partial charge in [0.1, 0.15) is 0 Å². The van der Waals surface area contributed by atoms with Crippen LogP contribution < -0.4 is 10.5 Å². The van der Waals surface area contributed by atoms with E-state index in [2.05, 4.69) is 15.0 Å². The van der Waals surface area contributed by atoms with Crippen molar-refractivity contribution < 1.29 is 13.2 Å². The van der Waals surface area contributed by atoms with Crippen LogP contribution in [0.15, 0.2) is 53.6 Å². The van der Waals surface area contributed by atoms with E-state index in [-0.39, 0.29) is 10.6 Å². The topological polar surface area (TPSA) is 120 Å². The summed E-state index contributed by atoms with van der Waals surface area (Å²) in [5, 5.41) is 9.02. The minimum absolute atomic E-state index is 0.113. The minimum Gasteiger partial charge on any atom is -0.364 e. The van der Waals surface area contributed by atoms with Gasteiger partial charge in [-0.25, -0.2) is 13.1 Å². The van der Waals surface area contributed by atoms with Crippen molar-refractivity contribution in [2.45, 2.75) is 24.3 Å². The van der Waals surface area contributed by atoms with Gasteiger partial charge in [0.2, 0.25) is 10.0 Å². The lowest BCUT2D eigenvalue weighted by molar-refractivity contribution is 0.0995. The monoisotopic (exact) mass is 373 g/mol. The molecule has 0 spiro atoms. The summed E-state index contributed by atoms with van der Waals surface area (Å²) < 4.78 is 29.3. The van der Waals surface area contributed by atoms with E-state index >= 15 is 0 Å². The maximum absolute atomic E-state index is 12.6. The highest BCUT2D eigenvalue weighted by Crippen LogP contribution is 2.22. The number of nitrogens with one attached hydrogen (secondary N) is 1. The Morgan fingerprint density at radius 3 is 2.65 bits per heavy atom. The van der Waals surface area contributed by atoms with E-state index in [1.54, 1.807) is 18.2 Å². The normalized spacial score (nSPS) is 11.7. The third-order valence-electron chi connectivity index (χ3n) is 3.94. The van der Waals surface area contributed by atoms with Crippen molar-refractivity contribution >= 4 is 26.7 Å². The average Bonchev–Trinajstić information content (AvgIpc) is 3.10. The summed E-state index contributed by atoms with van der Waals surface area (Å²) in [7, 11) is -3.59. The summed E-state index contributed by atoms with van der Waals surface area (Å²) in [5.74, 6) is -0.626. The molecule has 1 heterocycles. The molecular formula is C17H19N5O3S. The number of hydrogen-bond acceptors (Lipinski definition) is 5. The molecule has 1 amide bonds. The zero-order chi connectivity index (χ0) is 18.6. The van der Waals surface area contributed by atoms with Crippen LogP contribution in [0.25, 0.3) is 10.8 Å². The van der Waals surface area contributed by atoms with Crippen molar-refractivity contribution in [1.29, 1.82) is 0 Å². The first-order valence-electron chi connectivity index (χ1n) is 8.15. The quantitative estimate of drug-likeness (QED) is 0.577. The number of carbonyl (C=O) groups is 1. The third kappa shape index (κ3) is 4.06. The number of amides is 1. The summed E-state index contributed by atoms with van der Waals surface area (Å²) in [4.78, 5) is 11.2. The molecule has 3 aromatic rings. The summed E-state index contributed by atoms with van der Waals surface area (Å²) in [6.45, 7) is 0.833. The highest BCUT2D eigenvalue weighted by molar-refractivity contribution is 7.89. The van der Waals surface area contributed by atoms with Crippen molar-refractivity contribution in [3.63, 3.8) is 0 Å². The van der Waals surface area contributed by atoms with Gasteiger partial charge in [0.25, 0.3) is 5.91 Å². The number of rotatable bonds is 8. The van der Waals surface area contributed by atoms with Crippen molar-refractivity contribution in [3.8, 4) is 0 Å². The van der Waals surface area contributed by atoms with E-state index in [1.165, 1.54) is 10.9 Å². The van der Waals surface area contributed by atoms with Gasteiger partial charge in [-0.05, 0) is 24.3 Å². The molecule has 0 saturated heterocycles. The van der Waals surface area contributed by atoms with Gasteiger partial charge in [-0.2, -0.15) is 0 Å². The molecule has 0 saturated carbocycles. The third-order valence-corrected chi connectivity index (χ3v) is 5.46. The summed E-state index contributed by atoms with van der Waals surface area (Å²) >= 11 is 0. The molecular weight excluding hydrogens is 354 g/mol. The minimum atomic E-state index is -3.59. The molecule has 0 aliphatic carbocycles.